The standard InChI is InChI=1S/C15H13BrN2O5/c16-13-5-10(18(21)22)1-3-12(13)14-4-2-11(23-14)8-17-6-9(7-17)15(19)20/h1-5,9H,6-8H2,(H,19,20). The van der Waals surface area contributed by atoms with E-state index in [0.717, 1.165) is 11.3 Å². The molecule has 1 aliphatic heterocycles. The van der Waals surface area contributed by atoms with E-state index in [1.165, 1.54) is 12.1 Å². The maximum absolute atomic E-state index is 10.8. The van der Waals surface area contributed by atoms with Crippen molar-refractivity contribution in [1.82, 2.24) is 4.90 Å². The van der Waals surface area contributed by atoms with Gasteiger partial charge >= 0.3 is 5.97 Å². The van der Waals surface area contributed by atoms with Crippen molar-refractivity contribution in [3.8, 4) is 11.3 Å². The van der Waals surface area contributed by atoms with Crippen molar-refractivity contribution in [2.24, 2.45) is 5.92 Å². The molecule has 0 bridgehead atoms. The number of furan rings is 1. The maximum atomic E-state index is 10.8. The molecule has 1 aromatic carbocycles. The Morgan fingerprint density at radius 1 is 1.39 bits per heavy atom. The molecule has 1 aliphatic rings. The Bertz CT molecular complexity index is 767. The van der Waals surface area contributed by atoms with E-state index in [9.17, 15) is 14.9 Å². The fourth-order valence-corrected chi connectivity index (χ4v) is 3.06. The summed E-state index contributed by atoms with van der Waals surface area (Å²) >= 11 is 3.32. The number of carbonyl (C=O) groups is 1. The molecule has 1 aromatic heterocycles. The van der Waals surface area contributed by atoms with Crippen LogP contribution in [0.1, 0.15) is 5.76 Å². The largest absolute Gasteiger partial charge is 0.481 e. The van der Waals surface area contributed by atoms with Crippen LogP contribution in [0.2, 0.25) is 0 Å². The third kappa shape index (κ3) is 3.27. The molecule has 3 rings (SSSR count). The number of nitro benzene ring substituents is 1. The number of hydrogen-bond donors (Lipinski definition) is 1. The molecule has 0 radical (unpaired) electrons. The quantitative estimate of drug-likeness (QED) is 0.631. The predicted molar refractivity (Wildman–Crippen MR) is 84.9 cm³/mol. The second kappa shape index (κ2) is 6.13. The van der Waals surface area contributed by atoms with Gasteiger partial charge in [-0.3, -0.25) is 19.8 Å². The first-order chi connectivity index (χ1) is 10.9. The minimum atomic E-state index is -0.767. The van der Waals surface area contributed by atoms with Gasteiger partial charge in [0.1, 0.15) is 11.5 Å². The Morgan fingerprint density at radius 3 is 2.74 bits per heavy atom. The van der Waals surface area contributed by atoms with E-state index in [0.29, 0.717) is 29.9 Å². The average molecular weight is 381 g/mol. The van der Waals surface area contributed by atoms with Gasteiger partial charge in [0.25, 0.3) is 5.69 Å². The van der Waals surface area contributed by atoms with Crippen LogP contribution in [0.3, 0.4) is 0 Å². The first-order valence-electron chi connectivity index (χ1n) is 6.92. The van der Waals surface area contributed by atoms with Crippen molar-refractivity contribution >= 4 is 27.6 Å². The lowest BCUT2D eigenvalue weighted by Crippen LogP contribution is -2.49. The Balaban J connectivity index is 1.70. The molecule has 0 saturated carbocycles. The van der Waals surface area contributed by atoms with Gasteiger partial charge in [-0.1, -0.05) is 0 Å². The van der Waals surface area contributed by atoms with Crippen molar-refractivity contribution in [2.45, 2.75) is 6.54 Å². The summed E-state index contributed by atoms with van der Waals surface area (Å²) in [6.45, 7) is 1.59. The SMILES string of the molecule is O=C(O)C1CN(Cc2ccc(-c3ccc([N+](=O)[O-])cc3Br)o2)C1. The zero-order valence-electron chi connectivity index (χ0n) is 11.9. The first kappa shape index (κ1) is 15.7. The highest BCUT2D eigenvalue weighted by atomic mass is 79.9. The number of aliphatic carboxylic acids is 1. The number of benzene rings is 1. The lowest BCUT2D eigenvalue weighted by molar-refractivity contribution is -0.384. The summed E-state index contributed by atoms with van der Waals surface area (Å²) in [6.07, 6.45) is 0. The molecule has 0 unspecified atom stereocenters. The molecular weight excluding hydrogens is 368 g/mol. The molecule has 2 heterocycles. The highest BCUT2D eigenvalue weighted by Gasteiger charge is 2.32. The minimum Gasteiger partial charge on any atom is -0.481 e. The predicted octanol–water partition coefficient (Wildman–Crippen LogP) is 3.13. The highest BCUT2D eigenvalue weighted by Crippen LogP contribution is 2.33. The summed E-state index contributed by atoms with van der Waals surface area (Å²) in [7, 11) is 0. The second-order valence-electron chi connectivity index (χ2n) is 5.42. The minimum absolute atomic E-state index is 0.00713. The number of likely N-dealkylation sites (tertiary alicyclic amines) is 1. The van der Waals surface area contributed by atoms with Crippen LogP contribution in [0, 0.1) is 16.0 Å². The van der Waals surface area contributed by atoms with Gasteiger partial charge in [0, 0.05) is 35.3 Å². The van der Waals surface area contributed by atoms with Gasteiger partial charge in [0.05, 0.1) is 17.4 Å². The molecule has 0 aliphatic carbocycles. The monoisotopic (exact) mass is 380 g/mol. The Morgan fingerprint density at radius 2 is 2.13 bits per heavy atom. The van der Waals surface area contributed by atoms with Gasteiger partial charge in [-0.25, -0.2) is 0 Å². The van der Waals surface area contributed by atoms with Gasteiger partial charge in [-0.2, -0.15) is 0 Å². The number of carboxylic acid groups (broad SMARTS) is 1. The lowest BCUT2D eigenvalue weighted by atomic mass is 10.0. The van der Waals surface area contributed by atoms with Crippen molar-refractivity contribution < 1.29 is 19.2 Å². The normalized spacial score (nSPS) is 15.3. The number of rotatable bonds is 5. The zero-order chi connectivity index (χ0) is 16.6. The van der Waals surface area contributed by atoms with Crippen LogP contribution >= 0.6 is 15.9 Å². The van der Waals surface area contributed by atoms with Crippen LogP contribution in [0.5, 0.6) is 0 Å². The van der Waals surface area contributed by atoms with Crippen molar-refractivity contribution in [3.63, 3.8) is 0 Å². The molecule has 23 heavy (non-hydrogen) atoms. The average Bonchev–Trinajstić information content (AvgIpc) is 2.90. The van der Waals surface area contributed by atoms with Crippen LogP contribution < -0.4 is 0 Å². The van der Waals surface area contributed by atoms with E-state index in [2.05, 4.69) is 15.9 Å². The summed E-state index contributed by atoms with van der Waals surface area (Å²) in [5, 5.41) is 19.6. The third-order valence-corrected chi connectivity index (χ3v) is 4.43. The van der Waals surface area contributed by atoms with E-state index < -0.39 is 10.9 Å². The number of nitro groups is 1. The Hall–Kier alpha value is -2.19. The fraction of sp³-hybridized carbons (Fsp3) is 0.267. The number of non-ortho nitro benzene ring substituents is 1. The summed E-state index contributed by atoms with van der Waals surface area (Å²) in [5.41, 5.74) is 0.738. The van der Waals surface area contributed by atoms with Crippen LogP contribution in [0.15, 0.2) is 39.2 Å². The zero-order valence-corrected chi connectivity index (χ0v) is 13.5. The molecule has 120 valence electrons. The Labute approximate surface area is 139 Å². The molecule has 7 nitrogen and oxygen atoms in total. The molecule has 1 saturated heterocycles. The summed E-state index contributed by atoms with van der Waals surface area (Å²) < 4.78 is 6.35. The van der Waals surface area contributed by atoms with E-state index in [4.69, 9.17) is 9.52 Å². The van der Waals surface area contributed by atoms with Crippen LogP contribution in [-0.2, 0) is 11.3 Å². The highest BCUT2D eigenvalue weighted by molar-refractivity contribution is 9.10. The van der Waals surface area contributed by atoms with Crippen molar-refractivity contribution in [2.75, 3.05) is 13.1 Å². The van der Waals surface area contributed by atoms with Crippen molar-refractivity contribution in [3.05, 3.63) is 50.7 Å². The summed E-state index contributed by atoms with van der Waals surface area (Å²) in [6, 6.07) is 8.13. The first-order valence-corrected chi connectivity index (χ1v) is 7.71. The second-order valence-corrected chi connectivity index (χ2v) is 6.27. The van der Waals surface area contributed by atoms with Gasteiger partial charge in [0.2, 0.25) is 0 Å². The van der Waals surface area contributed by atoms with E-state index in [-0.39, 0.29) is 11.6 Å². The lowest BCUT2D eigenvalue weighted by Gasteiger charge is -2.35. The smallest absolute Gasteiger partial charge is 0.309 e. The Kier molecular flexibility index (Phi) is 4.18. The van der Waals surface area contributed by atoms with E-state index >= 15 is 0 Å². The molecule has 2 aromatic rings. The molecule has 0 amide bonds. The number of hydrogen-bond acceptors (Lipinski definition) is 5. The molecular formula is C15H13BrN2O5. The topological polar surface area (TPSA) is 96.8 Å². The van der Waals surface area contributed by atoms with Crippen molar-refractivity contribution in [1.29, 1.82) is 0 Å². The van der Waals surface area contributed by atoms with Crippen LogP contribution in [0.25, 0.3) is 11.3 Å². The molecule has 0 atom stereocenters. The van der Waals surface area contributed by atoms with Gasteiger partial charge in [0.15, 0.2) is 0 Å². The van der Waals surface area contributed by atoms with E-state index in [1.54, 1.807) is 12.1 Å². The summed E-state index contributed by atoms with van der Waals surface area (Å²) in [4.78, 5) is 23.1. The van der Waals surface area contributed by atoms with Gasteiger partial charge < -0.3 is 9.52 Å². The maximum Gasteiger partial charge on any atom is 0.309 e. The van der Waals surface area contributed by atoms with E-state index in [1.807, 2.05) is 11.0 Å². The van der Waals surface area contributed by atoms with Gasteiger partial charge in [-0.15, -0.1) is 0 Å². The van der Waals surface area contributed by atoms with Crippen LogP contribution in [-0.4, -0.2) is 34.0 Å². The van der Waals surface area contributed by atoms with Crippen LogP contribution in [0.4, 0.5) is 5.69 Å². The molecule has 1 N–H and O–H groups in total. The molecule has 8 heteroatoms. The molecule has 1 fully saturated rings. The fourth-order valence-electron chi connectivity index (χ4n) is 2.50. The van der Waals surface area contributed by atoms with Gasteiger partial charge in [-0.05, 0) is 34.1 Å². The summed E-state index contributed by atoms with van der Waals surface area (Å²) in [5.74, 6) is 0.274. The molecule has 0 spiro atoms. The number of halogens is 1. The number of carboxylic acids is 1. The number of nitrogens with zero attached hydrogens (tertiary/aromatic N) is 2. The third-order valence-electron chi connectivity index (χ3n) is 3.78.